The van der Waals surface area contributed by atoms with Crippen molar-refractivity contribution in [2.24, 2.45) is 5.92 Å². The van der Waals surface area contributed by atoms with E-state index in [1.165, 1.54) is 77.2 Å². The maximum Gasteiger partial charge on any atom is 0.00697 e. The minimum Gasteiger partial charge on any atom is -0.314 e. The number of hydrogen-bond donors (Lipinski definition) is 1. The summed E-state index contributed by atoms with van der Waals surface area (Å²) in [6, 6.07) is 0.857. The fraction of sp³-hybridized carbons (Fsp3) is 1.00. The van der Waals surface area contributed by atoms with Gasteiger partial charge in [-0.25, -0.2) is 0 Å². The monoisotopic (exact) mass is 209 g/mol. The Balaban J connectivity index is 1.73. The van der Waals surface area contributed by atoms with Gasteiger partial charge in [-0.15, -0.1) is 0 Å². The van der Waals surface area contributed by atoms with Gasteiger partial charge in [-0.05, 0) is 31.7 Å². The predicted molar refractivity (Wildman–Crippen MR) is 66.1 cm³/mol. The number of rotatable bonds is 2. The summed E-state index contributed by atoms with van der Waals surface area (Å²) in [6.07, 6.45) is 16.2. The van der Waals surface area contributed by atoms with Gasteiger partial charge >= 0.3 is 0 Å². The molecule has 1 unspecified atom stereocenters. The first-order chi connectivity index (χ1) is 7.45. The molecule has 1 saturated carbocycles. The Kier molecular flexibility index (Phi) is 4.98. The summed E-state index contributed by atoms with van der Waals surface area (Å²) in [5, 5.41) is 3.75. The van der Waals surface area contributed by atoms with Crippen LogP contribution in [0.2, 0.25) is 0 Å². The van der Waals surface area contributed by atoms with E-state index in [1.54, 1.807) is 0 Å². The van der Waals surface area contributed by atoms with E-state index < -0.39 is 0 Å². The van der Waals surface area contributed by atoms with E-state index >= 15 is 0 Å². The van der Waals surface area contributed by atoms with Crippen molar-refractivity contribution < 1.29 is 0 Å². The van der Waals surface area contributed by atoms with Gasteiger partial charge in [0.05, 0.1) is 0 Å². The van der Waals surface area contributed by atoms with Crippen LogP contribution in [0.25, 0.3) is 0 Å². The van der Waals surface area contributed by atoms with Crippen LogP contribution < -0.4 is 5.32 Å². The first kappa shape index (κ1) is 11.4. The van der Waals surface area contributed by atoms with Crippen LogP contribution in [0.15, 0.2) is 0 Å². The molecule has 2 aliphatic rings. The molecule has 1 aliphatic carbocycles. The molecule has 0 aromatic rings. The molecule has 0 radical (unpaired) electrons. The molecule has 1 saturated heterocycles. The summed E-state index contributed by atoms with van der Waals surface area (Å²) in [5.41, 5.74) is 0. The summed E-state index contributed by atoms with van der Waals surface area (Å²) in [5.74, 6) is 1.04. The van der Waals surface area contributed by atoms with Crippen LogP contribution in [-0.4, -0.2) is 12.6 Å². The summed E-state index contributed by atoms with van der Waals surface area (Å²) in [4.78, 5) is 0. The molecule has 1 N–H and O–H groups in total. The quantitative estimate of drug-likeness (QED) is 0.681. The fourth-order valence-electron chi connectivity index (χ4n) is 3.30. The van der Waals surface area contributed by atoms with Gasteiger partial charge in [-0.2, -0.15) is 0 Å². The van der Waals surface area contributed by atoms with Gasteiger partial charge in [0, 0.05) is 6.04 Å². The van der Waals surface area contributed by atoms with Gasteiger partial charge in [0.1, 0.15) is 0 Å². The third kappa shape index (κ3) is 4.14. The standard InChI is InChI=1S/C14H27N/c1-2-5-9-13(8-4-1)12-14-10-6-3-7-11-15-14/h13-15H,1-12H2. The summed E-state index contributed by atoms with van der Waals surface area (Å²) >= 11 is 0. The molecular formula is C14H27N. The topological polar surface area (TPSA) is 12.0 Å². The minimum absolute atomic E-state index is 0.857. The van der Waals surface area contributed by atoms with Gasteiger partial charge in [-0.1, -0.05) is 51.4 Å². The van der Waals surface area contributed by atoms with Gasteiger partial charge in [-0.3, -0.25) is 0 Å². The molecule has 15 heavy (non-hydrogen) atoms. The highest BCUT2D eigenvalue weighted by molar-refractivity contribution is 4.76. The average Bonchev–Trinajstić information content (AvgIpc) is 2.63. The maximum absolute atomic E-state index is 3.75. The van der Waals surface area contributed by atoms with E-state index in [0.29, 0.717) is 0 Å². The predicted octanol–water partition coefficient (Wildman–Crippen LogP) is 3.88. The SMILES string of the molecule is C1CCCC(CC2CCCCCN2)CC1. The van der Waals surface area contributed by atoms with Crippen LogP contribution in [-0.2, 0) is 0 Å². The lowest BCUT2D eigenvalue weighted by Crippen LogP contribution is -2.30. The summed E-state index contributed by atoms with van der Waals surface area (Å²) in [6.45, 7) is 1.28. The second-order valence-corrected chi connectivity index (χ2v) is 5.59. The molecule has 2 rings (SSSR count). The molecule has 1 aliphatic heterocycles. The maximum atomic E-state index is 3.75. The van der Waals surface area contributed by atoms with Crippen molar-refractivity contribution >= 4 is 0 Å². The summed E-state index contributed by atoms with van der Waals surface area (Å²) < 4.78 is 0. The van der Waals surface area contributed by atoms with Crippen LogP contribution in [0.1, 0.15) is 70.6 Å². The molecule has 1 nitrogen and oxygen atoms in total. The van der Waals surface area contributed by atoms with E-state index in [1.807, 2.05) is 0 Å². The Bertz CT molecular complexity index is 133. The largest absolute Gasteiger partial charge is 0.314 e. The van der Waals surface area contributed by atoms with Crippen molar-refractivity contribution in [3.8, 4) is 0 Å². The van der Waals surface area contributed by atoms with Crippen molar-refractivity contribution in [1.82, 2.24) is 5.32 Å². The highest BCUT2D eigenvalue weighted by atomic mass is 14.9. The second-order valence-electron chi connectivity index (χ2n) is 5.59. The molecule has 2 fully saturated rings. The van der Waals surface area contributed by atoms with Gasteiger partial charge in [0.25, 0.3) is 0 Å². The first-order valence-corrected chi connectivity index (χ1v) is 7.18. The number of hydrogen-bond acceptors (Lipinski definition) is 1. The Morgan fingerprint density at radius 3 is 2.20 bits per heavy atom. The molecule has 1 heteroatoms. The molecule has 0 aromatic carbocycles. The van der Waals surface area contributed by atoms with Crippen LogP contribution in [0.3, 0.4) is 0 Å². The summed E-state index contributed by atoms with van der Waals surface area (Å²) in [7, 11) is 0. The second kappa shape index (κ2) is 6.52. The Morgan fingerprint density at radius 1 is 0.733 bits per heavy atom. The van der Waals surface area contributed by atoms with Crippen LogP contribution in [0.5, 0.6) is 0 Å². The highest BCUT2D eigenvalue weighted by Gasteiger charge is 2.18. The smallest absolute Gasteiger partial charge is 0.00697 e. The van der Waals surface area contributed by atoms with Crippen LogP contribution >= 0.6 is 0 Å². The van der Waals surface area contributed by atoms with E-state index in [2.05, 4.69) is 5.32 Å². The third-order valence-electron chi connectivity index (χ3n) is 4.25. The lowest BCUT2D eigenvalue weighted by atomic mass is 9.91. The van der Waals surface area contributed by atoms with Gasteiger partial charge in [0.15, 0.2) is 0 Å². The van der Waals surface area contributed by atoms with Crippen LogP contribution in [0, 0.1) is 5.92 Å². The molecule has 0 aromatic heterocycles. The molecule has 0 spiro atoms. The Labute approximate surface area is 95.0 Å². The van der Waals surface area contributed by atoms with E-state index in [-0.39, 0.29) is 0 Å². The average molecular weight is 209 g/mol. The Hall–Kier alpha value is -0.0400. The van der Waals surface area contributed by atoms with E-state index in [0.717, 1.165) is 12.0 Å². The van der Waals surface area contributed by atoms with Gasteiger partial charge < -0.3 is 5.32 Å². The zero-order chi connectivity index (χ0) is 10.3. The zero-order valence-electron chi connectivity index (χ0n) is 10.1. The lowest BCUT2D eigenvalue weighted by Gasteiger charge is -2.22. The fourth-order valence-corrected chi connectivity index (χ4v) is 3.30. The van der Waals surface area contributed by atoms with Crippen molar-refractivity contribution in [3.63, 3.8) is 0 Å². The van der Waals surface area contributed by atoms with Crippen molar-refractivity contribution in [3.05, 3.63) is 0 Å². The third-order valence-corrected chi connectivity index (χ3v) is 4.25. The van der Waals surface area contributed by atoms with Gasteiger partial charge in [0.2, 0.25) is 0 Å². The molecule has 1 heterocycles. The van der Waals surface area contributed by atoms with Crippen molar-refractivity contribution in [1.29, 1.82) is 0 Å². The Morgan fingerprint density at radius 2 is 1.40 bits per heavy atom. The van der Waals surface area contributed by atoms with E-state index in [4.69, 9.17) is 0 Å². The molecule has 0 amide bonds. The highest BCUT2D eigenvalue weighted by Crippen LogP contribution is 2.28. The first-order valence-electron chi connectivity index (χ1n) is 7.18. The number of nitrogens with one attached hydrogen (secondary N) is 1. The molecule has 88 valence electrons. The minimum atomic E-state index is 0.857. The lowest BCUT2D eigenvalue weighted by molar-refractivity contribution is 0.347. The van der Waals surface area contributed by atoms with Crippen molar-refractivity contribution in [2.75, 3.05) is 6.54 Å². The molecule has 1 atom stereocenters. The normalized spacial score (nSPS) is 30.8. The van der Waals surface area contributed by atoms with Crippen molar-refractivity contribution in [2.45, 2.75) is 76.7 Å². The molecule has 0 bridgehead atoms. The molecular weight excluding hydrogens is 182 g/mol. The zero-order valence-corrected chi connectivity index (χ0v) is 10.1. The van der Waals surface area contributed by atoms with E-state index in [9.17, 15) is 0 Å². The van der Waals surface area contributed by atoms with Crippen LogP contribution in [0.4, 0.5) is 0 Å².